The van der Waals surface area contributed by atoms with Gasteiger partial charge >= 0.3 is 0 Å². The fourth-order valence-electron chi connectivity index (χ4n) is 2.28. The van der Waals surface area contributed by atoms with Gasteiger partial charge in [0.25, 0.3) is 0 Å². The minimum Gasteiger partial charge on any atom is -0.389 e. The molecule has 0 aliphatic heterocycles. The summed E-state index contributed by atoms with van der Waals surface area (Å²) in [6.07, 6.45) is 0. The van der Waals surface area contributed by atoms with Gasteiger partial charge in [-0.1, -0.05) is 48.6 Å². The van der Waals surface area contributed by atoms with Crippen molar-refractivity contribution in [2.45, 2.75) is 20.4 Å². The molecule has 2 rings (SSSR count). The zero-order chi connectivity index (χ0) is 14.5. The van der Waals surface area contributed by atoms with E-state index in [0.717, 1.165) is 24.3 Å². The second-order valence-electron chi connectivity index (χ2n) is 4.88. The van der Waals surface area contributed by atoms with Gasteiger partial charge in [0.15, 0.2) is 0 Å². The first-order chi connectivity index (χ1) is 9.61. The first-order valence-electron chi connectivity index (χ1n) is 6.81. The highest BCUT2D eigenvalue weighted by molar-refractivity contribution is 7.80. The van der Waals surface area contributed by atoms with Gasteiger partial charge in [-0.3, -0.25) is 0 Å². The molecule has 0 amide bonds. The summed E-state index contributed by atoms with van der Waals surface area (Å²) in [4.78, 5) is 2.75. The van der Waals surface area contributed by atoms with Crippen LogP contribution in [0.15, 0.2) is 48.5 Å². The molecule has 20 heavy (non-hydrogen) atoms. The molecule has 3 heteroatoms. The van der Waals surface area contributed by atoms with Crippen LogP contribution in [-0.4, -0.2) is 11.5 Å². The first kappa shape index (κ1) is 14.5. The predicted octanol–water partition coefficient (Wildman–Crippen LogP) is 3.66. The summed E-state index contributed by atoms with van der Waals surface area (Å²) in [5.41, 5.74) is 10.4. The Hall–Kier alpha value is -1.87. The van der Waals surface area contributed by atoms with Crippen LogP contribution in [0.2, 0.25) is 0 Å². The monoisotopic (exact) mass is 284 g/mol. The second kappa shape index (κ2) is 6.53. The third-order valence-electron chi connectivity index (χ3n) is 3.36. The van der Waals surface area contributed by atoms with E-state index in [-0.39, 0.29) is 0 Å². The van der Waals surface area contributed by atoms with Crippen LogP contribution in [0.1, 0.15) is 23.6 Å². The molecular weight excluding hydrogens is 264 g/mol. The lowest BCUT2D eigenvalue weighted by molar-refractivity contribution is 0.830. The molecule has 0 aromatic heterocycles. The molecule has 0 aliphatic carbocycles. The van der Waals surface area contributed by atoms with Gasteiger partial charge in [-0.15, -0.1) is 0 Å². The number of anilines is 1. The molecule has 0 radical (unpaired) electrons. The van der Waals surface area contributed by atoms with Crippen molar-refractivity contribution in [3.8, 4) is 0 Å². The van der Waals surface area contributed by atoms with Crippen LogP contribution in [0.3, 0.4) is 0 Å². The molecule has 0 aliphatic rings. The van der Waals surface area contributed by atoms with Gasteiger partial charge < -0.3 is 10.6 Å². The normalized spacial score (nSPS) is 10.3. The smallest absolute Gasteiger partial charge is 0.106 e. The first-order valence-corrected chi connectivity index (χ1v) is 7.22. The minimum absolute atomic E-state index is 0.450. The predicted molar refractivity (Wildman–Crippen MR) is 90.2 cm³/mol. The molecule has 0 fully saturated rings. The van der Waals surface area contributed by atoms with E-state index in [1.165, 1.54) is 11.1 Å². The fourth-order valence-corrected chi connectivity index (χ4v) is 2.46. The maximum atomic E-state index is 5.86. The van der Waals surface area contributed by atoms with Gasteiger partial charge in [-0.25, -0.2) is 0 Å². The lowest BCUT2D eigenvalue weighted by Gasteiger charge is -2.26. The summed E-state index contributed by atoms with van der Waals surface area (Å²) in [6.45, 7) is 6.00. The van der Waals surface area contributed by atoms with Crippen molar-refractivity contribution in [1.82, 2.24) is 0 Å². The van der Waals surface area contributed by atoms with Crippen molar-refractivity contribution < 1.29 is 0 Å². The van der Waals surface area contributed by atoms with E-state index in [1.807, 2.05) is 18.2 Å². The van der Waals surface area contributed by atoms with Crippen LogP contribution in [-0.2, 0) is 6.54 Å². The van der Waals surface area contributed by atoms with Crippen molar-refractivity contribution in [3.63, 3.8) is 0 Å². The summed E-state index contributed by atoms with van der Waals surface area (Å²) >= 11 is 5.18. The van der Waals surface area contributed by atoms with Crippen LogP contribution < -0.4 is 10.6 Å². The number of benzene rings is 2. The Balaban J connectivity index is 2.36. The van der Waals surface area contributed by atoms with E-state index in [1.54, 1.807) is 0 Å². The zero-order valence-corrected chi connectivity index (χ0v) is 12.8. The molecule has 0 heterocycles. The SMILES string of the molecule is CCN(Cc1ccccc1)c1cc(C)ccc1C(N)=S. The van der Waals surface area contributed by atoms with Crippen LogP contribution in [0.25, 0.3) is 0 Å². The van der Waals surface area contributed by atoms with E-state index >= 15 is 0 Å². The number of thiocarbonyl (C=S) groups is 1. The van der Waals surface area contributed by atoms with Gasteiger partial charge in [-0.2, -0.15) is 0 Å². The van der Waals surface area contributed by atoms with E-state index in [4.69, 9.17) is 18.0 Å². The summed E-state index contributed by atoms with van der Waals surface area (Å²) in [7, 11) is 0. The Labute approximate surface area is 126 Å². The molecule has 0 unspecified atom stereocenters. The molecule has 0 atom stereocenters. The van der Waals surface area contributed by atoms with Gasteiger partial charge in [0.05, 0.1) is 0 Å². The number of hydrogen-bond acceptors (Lipinski definition) is 2. The standard InChI is InChI=1S/C17H20N2S/c1-3-19(12-14-7-5-4-6-8-14)16-11-13(2)9-10-15(16)17(18)20/h4-11H,3,12H2,1-2H3,(H2,18,20). The van der Waals surface area contributed by atoms with Gasteiger partial charge in [0.1, 0.15) is 4.99 Å². The molecule has 0 bridgehead atoms. The van der Waals surface area contributed by atoms with E-state index in [0.29, 0.717) is 4.99 Å². The molecule has 2 nitrogen and oxygen atoms in total. The van der Waals surface area contributed by atoms with Crippen LogP contribution in [0.5, 0.6) is 0 Å². The topological polar surface area (TPSA) is 29.3 Å². The average molecular weight is 284 g/mol. The number of rotatable bonds is 5. The third kappa shape index (κ3) is 3.36. The van der Waals surface area contributed by atoms with Crippen molar-refractivity contribution in [2.24, 2.45) is 5.73 Å². The van der Waals surface area contributed by atoms with Crippen molar-refractivity contribution >= 4 is 22.9 Å². The van der Waals surface area contributed by atoms with E-state index in [9.17, 15) is 0 Å². The zero-order valence-electron chi connectivity index (χ0n) is 12.0. The maximum Gasteiger partial charge on any atom is 0.106 e. The lowest BCUT2D eigenvalue weighted by atomic mass is 10.1. The Morgan fingerprint density at radius 3 is 2.45 bits per heavy atom. The Bertz CT molecular complexity index is 593. The van der Waals surface area contributed by atoms with Gasteiger partial charge in [0, 0.05) is 24.3 Å². The number of hydrogen-bond donors (Lipinski definition) is 1. The molecule has 2 aromatic carbocycles. The highest BCUT2D eigenvalue weighted by atomic mass is 32.1. The second-order valence-corrected chi connectivity index (χ2v) is 5.32. The number of aryl methyl sites for hydroxylation is 1. The van der Waals surface area contributed by atoms with Crippen LogP contribution in [0.4, 0.5) is 5.69 Å². The quantitative estimate of drug-likeness (QED) is 0.850. The molecule has 0 saturated carbocycles. The summed E-state index contributed by atoms with van der Waals surface area (Å²) in [6, 6.07) is 16.7. The summed E-state index contributed by atoms with van der Waals surface area (Å²) in [5, 5.41) is 0. The van der Waals surface area contributed by atoms with E-state index in [2.05, 4.69) is 49.1 Å². The van der Waals surface area contributed by atoms with E-state index < -0.39 is 0 Å². The molecule has 0 spiro atoms. The molecule has 2 aromatic rings. The number of nitrogens with two attached hydrogens (primary N) is 1. The van der Waals surface area contributed by atoms with Crippen molar-refractivity contribution in [3.05, 3.63) is 65.2 Å². The molecular formula is C17H20N2S. The number of nitrogens with zero attached hydrogens (tertiary/aromatic N) is 1. The molecule has 2 N–H and O–H groups in total. The maximum absolute atomic E-state index is 5.86. The Morgan fingerprint density at radius 1 is 1.15 bits per heavy atom. The largest absolute Gasteiger partial charge is 0.389 e. The van der Waals surface area contributed by atoms with Gasteiger partial charge in [-0.05, 0) is 37.1 Å². The molecule has 0 saturated heterocycles. The van der Waals surface area contributed by atoms with Gasteiger partial charge in [0.2, 0.25) is 0 Å². The summed E-state index contributed by atoms with van der Waals surface area (Å²) in [5.74, 6) is 0. The lowest BCUT2D eigenvalue weighted by Crippen LogP contribution is -2.25. The minimum atomic E-state index is 0.450. The Morgan fingerprint density at radius 2 is 1.85 bits per heavy atom. The van der Waals surface area contributed by atoms with Crippen LogP contribution in [0, 0.1) is 6.92 Å². The van der Waals surface area contributed by atoms with Crippen molar-refractivity contribution in [1.29, 1.82) is 0 Å². The molecule has 104 valence electrons. The highest BCUT2D eigenvalue weighted by Crippen LogP contribution is 2.24. The fraction of sp³-hybridized carbons (Fsp3) is 0.235. The summed E-state index contributed by atoms with van der Waals surface area (Å²) < 4.78 is 0. The Kier molecular flexibility index (Phi) is 4.74. The third-order valence-corrected chi connectivity index (χ3v) is 3.58. The van der Waals surface area contributed by atoms with Crippen LogP contribution >= 0.6 is 12.2 Å². The highest BCUT2D eigenvalue weighted by Gasteiger charge is 2.12. The average Bonchev–Trinajstić information content (AvgIpc) is 2.45. The van der Waals surface area contributed by atoms with Crippen molar-refractivity contribution in [2.75, 3.05) is 11.4 Å².